The Morgan fingerprint density at radius 1 is 1.19 bits per heavy atom. The monoisotopic (exact) mass is 362 g/mol. The zero-order valence-corrected chi connectivity index (χ0v) is 14.9. The van der Waals surface area contributed by atoms with E-state index in [4.69, 9.17) is 0 Å². The molecule has 0 atom stereocenters. The molecule has 2 aromatic carbocycles. The minimum absolute atomic E-state index is 0.222. The average molecular weight is 362 g/mol. The van der Waals surface area contributed by atoms with Crippen molar-refractivity contribution in [2.24, 2.45) is 0 Å². The van der Waals surface area contributed by atoms with Crippen LogP contribution < -0.4 is 16.2 Å². The molecule has 2 heterocycles. The number of carbonyl (C=O) groups is 1. The molecule has 2 aromatic heterocycles. The Kier molecular flexibility index (Phi) is 4.08. The Morgan fingerprint density at radius 2 is 1.96 bits per heavy atom. The van der Waals surface area contributed by atoms with Gasteiger partial charge in [-0.15, -0.1) is 0 Å². The van der Waals surface area contributed by atoms with Gasteiger partial charge in [0.1, 0.15) is 0 Å². The van der Waals surface area contributed by atoms with Gasteiger partial charge >= 0.3 is 6.03 Å². The van der Waals surface area contributed by atoms with E-state index in [0.29, 0.717) is 29.1 Å². The van der Waals surface area contributed by atoms with Crippen molar-refractivity contribution < 1.29 is 4.79 Å². The Labute approximate surface area is 154 Å². The lowest BCUT2D eigenvalue weighted by Gasteiger charge is -2.06. The molecule has 27 heavy (non-hydrogen) atoms. The largest absolute Gasteiger partial charge is 0.338 e. The van der Waals surface area contributed by atoms with Crippen molar-refractivity contribution >= 4 is 33.8 Å². The van der Waals surface area contributed by atoms with Gasteiger partial charge in [0, 0.05) is 17.5 Å². The lowest BCUT2D eigenvalue weighted by molar-refractivity contribution is 0.252. The maximum Gasteiger partial charge on any atom is 0.321 e. The predicted molar refractivity (Wildman–Crippen MR) is 105 cm³/mol. The number of hydrogen-bond acceptors (Lipinski definition) is 4. The SMILES string of the molecule is CCNC(=O)Nc1nc2cc(-c3n[nH]c(=O)c4ccccc34)cc(C)c2[nH]1. The molecule has 0 radical (unpaired) electrons. The minimum Gasteiger partial charge on any atom is -0.338 e. The van der Waals surface area contributed by atoms with E-state index in [-0.39, 0.29) is 11.6 Å². The third-order valence-corrected chi connectivity index (χ3v) is 4.33. The van der Waals surface area contributed by atoms with Gasteiger partial charge in [-0.05, 0) is 37.6 Å². The Balaban J connectivity index is 1.83. The number of aromatic nitrogens is 4. The van der Waals surface area contributed by atoms with E-state index in [1.165, 1.54) is 0 Å². The maximum absolute atomic E-state index is 12.0. The number of carbonyl (C=O) groups excluding carboxylic acids is 1. The smallest absolute Gasteiger partial charge is 0.321 e. The van der Waals surface area contributed by atoms with Gasteiger partial charge in [-0.1, -0.05) is 18.2 Å². The summed E-state index contributed by atoms with van der Waals surface area (Å²) < 4.78 is 0. The number of aryl methyl sites for hydroxylation is 1. The molecular formula is C19H18N6O2. The summed E-state index contributed by atoms with van der Waals surface area (Å²) in [5.41, 5.74) is 3.78. The minimum atomic E-state index is -0.317. The van der Waals surface area contributed by atoms with Crippen LogP contribution in [0.2, 0.25) is 0 Å². The van der Waals surface area contributed by atoms with Gasteiger partial charge in [-0.2, -0.15) is 5.10 Å². The number of amides is 2. The van der Waals surface area contributed by atoms with E-state index in [0.717, 1.165) is 22.0 Å². The maximum atomic E-state index is 12.0. The van der Waals surface area contributed by atoms with Gasteiger partial charge in [0.05, 0.1) is 22.1 Å². The zero-order chi connectivity index (χ0) is 19.0. The van der Waals surface area contributed by atoms with Crippen LogP contribution in [0.15, 0.2) is 41.2 Å². The highest BCUT2D eigenvalue weighted by molar-refractivity contribution is 5.97. The van der Waals surface area contributed by atoms with Crippen LogP contribution in [0.5, 0.6) is 0 Å². The highest BCUT2D eigenvalue weighted by atomic mass is 16.2. The summed E-state index contributed by atoms with van der Waals surface area (Å²) in [6.07, 6.45) is 0. The molecule has 8 heteroatoms. The first-order valence-electron chi connectivity index (χ1n) is 8.60. The van der Waals surface area contributed by atoms with Crippen LogP contribution in [-0.2, 0) is 0 Å². The number of hydrogen-bond donors (Lipinski definition) is 4. The molecule has 0 bridgehead atoms. The van der Waals surface area contributed by atoms with E-state index in [9.17, 15) is 9.59 Å². The van der Waals surface area contributed by atoms with E-state index in [1.807, 2.05) is 44.2 Å². The number of H-pyrrole nitrogens is 2. The molecule has 4 aromatic rings. The molecule has 0 aliphatic rings. The molecule has 136 valence electrons. The quantitative estimate of drug-likeness (QED) is 0.448. The van der Waals surface area contributed by atoms with E-state index < -0.39 is 0 Å². The molecule has 0 spiro atoms. The normalized spacial score (nSPS) is 11.0. The molecule has 0 unspecified atom stereocenters. The van der Waals surface area contributed by atoms with Crippen LogP contribution in [0.4, 0.5) is 10.7 Å². The Morgan fingerprint density at radius 3 is 2.74 bits per heavy atom. The Hall–Kier alpha value is -3.68. The van der Waals surface area contributed by atoms with Crippen LogP contribution in [0.1, 0.15) is 12.5 Å². The summed E-state index contributed by atoms with van der Waals surface area (Å²) in [6, 6.07) is 10.9. The number of nitrogens with one attached hydrogen (secondary N) is 4. The number of aromatic amines is 2. The number of imidazole rings is 1. The van der Waals surface area contributed by atoms with Crippen LogP contribution in [0.25, 0.3) is 33.1 Å². The zero-order valence-electron chi connectivity index (χ0n) is 14.9. The first-order chi connectivity index (χ1) is 13.1. The van der Waals surface area contributed by atoms with Gasteiger partial charge in [0.2, 0.25) is 5.95 Å². The van der Waals surface area contributed by atoms with Crippen LogP contribution in [0, 0.1) is 6.92 Å². The fraction of sp³-hybridized carbons (Fsp3) is 0.158. The van der Waals surface area contributed by atoms with Crippen molar-refractivity contribution in [1.82, 2.24) is 25.5 Å². The Bertz CT molecular complexity index is 1220. The second-order valence-corrected chi connectivity index (χ2v) is 6.20. The second-order valence-electron chi connectivity index (χ2n) is 6.20. The lowest BCUT2D eigenvalue weighted by atomic mass is 10.0. The summed E-state index contributed by atoms with van der Waals surface area (Å²) >= 11 is 0. The van der Waals surface area contributed by atoms with E-state index >= 15 is 0 Å². The van der Waals surface area contributed by atoms with Crippen molar-refractivity contribution in [2.75, 3.05) is 11.9 Å². The number of rotatable bonds is 3. The van der Waals surface area contributed by atoms with Crippen molar-refractivity contribution in [3.8, 4) is 11.3 Å². The van der Waals surface area contributed by atoms with Crippen molar-refractivity contribution in [3.05, 3.63) is 52.3 Å². The fourth-order valence-electron chi connectivity index (χ4n) is 3.13. The van der Waals surface area contributed by atoms with Crippen molar-refractivity contribution in [2.45, 2.75) is 13.8 Å². The molecular weight excluding hydrogens is 344 g/mol. The number of anilines is 1. The third-order valence-electron chi connectivity index (χ3n) is 4.33. The van der Waals surface area contributed by atoms with E-state index in [1.54, 1.807) is 6.07 Å². The van der Waals surface area contributed by atoms with Gasteiger partial charge in [-0.25, -0.2) is 14.9 Å². The van der Waals surface area contributed by atoms with Gasteiger partial charge < -0.3 is 10.3 Å². The summed E-state index contributed by atoms with van der Waals surface area (Å²) in [7, 11) is 0. The predicted octanol–water partition coefficient (Wildman–Crippen LogP) is 2.92. The lowest BCUT2D eigenvalue weighted by Crippen LogP contribution is -2.28. The third kappa shape index (κ3) is 3.01. The molecule has 0 aliphatic carbocycles. The molecule has 0 fully saturated rings. The van der Waals surface area contributed by atoms with Crippen LogP contribution in [0.3, 0.4) is 0 Å². The summed E-state index contributed by atoms with van der Waals surface area (Å²) in [5, 5.41) is 13.5. The standard InChI is InChI=1S/C19H18N6O2/c1-3-20-19(27)23-18-21-14-9-11(8-10(2)15(14)22-18)16-12-6-4-5-7-13(12)17(26)25-24-16/h4-9H,3H2,1-2H3,(H,25,26)(H3,20,21,22,23,27). The molecule has 0 saturated carbocycles. The topological polar surface area (TPSA) is 116 Å². The van der Waals surface area contributed by atoms with Crippen LogP contribution >= 0.6 is 0 Å². The summed E-state index contributed by atoms with van der Waals surface area (Å²) in [4.78, 5) is 31.3. The first kappa shape index (κ1) is 16.8. The van der Waals surface area contributed by atoms with Gasteiger partial charge in [-0.3, -0.25) is 10.1 Å². The fourth-order valence-corrected chi connectivity index (χ4v) is 3.13. The summed E-state index contributed by atoms with van der Waals surface area (Å²) in [5.74, 6) is 0.371. The molecule has 0 saturated heterocycles. The molecule has 2 amide bonds. The van der Waals surface area contributed by atoms with E-state index in [2.05, 4.69) is 30.8 Å². The van der Waals surface area contributed by atoms with Crippen LogP contribution in [-0.4, -0.2) is 32.7 Å². The summed E-state index contributed by atoms with van der Waals surface area (Å²) in [6.45, 7) is 4.32. The van der Waals surface area contributed by atoms with Gasteiger partial charge in [0.25, 0.3) is 5.56 Å². The molecule has 0 aliphatic heterocycles. The highest BCUT2D eigenvalue weighted by Crippen LogP contribution is 2.29. The highest BCUT2D eigenvalue weighted by Gasteiger charge is 2.13. The molecule has 4 rings (SSSR count). The number of fused-ring (bicyclic) bond motifs is 2. The average Bonchev–Trinajstić information content (AvgIpc) is 3.05. The first-order valence-corrected chi connectivity index (χ1v) is 8.60. The number of benzene rings is 2. The number of nitrogens with zero attached hydrogens (tertiary/aromatic N) is 2. The van der Waals surface area contributed by atoms with Crippen molar-refractivity contribution in [1.29, 1.82) is 0 Å². The molecule has 8 nitrogen and oxygen atoms in total. The van der Waals surface area contributed by atoms with Crippen molar-refractivity contribution in [3.63, 3.8) is 0 Å². The number of urea groups is 1. The van der Waals surface area contributed by atoms with Gasteiger partial charge in [0.15, 0.2) is 0 Å². The molecule has 4 N–H and O–H groups in total. The second kappa shape index (κ2) is 6.56.